The molecule has 1 aliphatic heterocycles. The van der Waals surface area contributed by atoms with Gasteiger partial charge in [0.15, 0.2) is 0 Å². The molecule has 5 N–H and O–H groups in total. The van der Waals surface area contributed by atoms with E-state index in [9.17, 15) is 5.11 Å². The van der Waals surface area contributed by atoms with Crippen molar-refractivity contribution in [1.82, 2.24) is 9.91 Å². The van der Waals surface area contributed by atoms with E-state index in [1.54, 1.807) is 5.01 Å². The molecule has 5 nitrogen and oxygen atoms in total. The normalized spacial score (nSPS) is 22.0. The lowest BCUT2D eigenvalue weighted by molar-refractivity contribution is 0.158. The molecule has 2 heterocycles. The third kappa shape index (κ3) is 5.71. The molecule has 0 aromatic carbocycles. The van der Waals surface area contributed by atoms with Gasteiger partial charge in [-0.2, -0.15) is 0 Å². The maximum Gasteiger partial charge on any atom is 0.0479 e. The van der Waals surface area contributed by atoms with E-state index in [2.05, 4.69) is 31.7 Å². The van der Waals surface area contributed by atoms with Crippen LogP contribution < -0.4 is 11.6 Å². The summed E-state index contributed by atoms with van der Waals surface area (Å²) in [6.45, 7) is 9.50. The predicted octanol–water partition coefficient (Wildman–Crippen LogP) is 2.80. The number of nitrogens with two attached hydrogens (primary N) is 2. The van der Waals surface area contributed by atoms with Gasteiger partial charge in [-0.15, -0.1) is 11.3 Å². The lowest BCUT2D eigenvalue weighted by atomic mass is 9.85. The minimum Gasteiger partial charge on any atom is -0.400 e. The van der Waals surface area contributed by atoms with Crippen molar-refractivity contribution in [2.75, 3.05) is 26.2 Å². The summed E-state index contributed by atoms with van der Waals surface area (Å²) < 4.78 is 0. The molecule has 1 aliphatic rings. The largest absolute Gasteiger partial charge is 0.400 e. The summed E-state index contributed by atoms with van der Waals surface area (Å²) in [5.74, 6) is 6.52. The minimum absolute atomic E-state index is 0.236. The van der Waals surface area contributed by atoms with Gasteiger partial charge in [0.25, 0.3) is 0 Å². The zero-order valence-corrected chi connectivity index (χ0v) is 17.4. The van der Waals surface area contributed by atoms with E-state index in [4.69, 9.17) is 11.6 Å². The Labute approximate surface area is 162 Å². The van der Waals surface area contributed by atoms with E-state index in [-0.39, 0.29) is 6.61 Å². The summed E-state index contributed by atoms with van der Waals surface area (Å²) >= 11 is 1.88. The van der Waals surface area contributed by atoms with Gasteiger partial charge in [-0.3, -0.25) is 4.90 Å². The van der Waals surface area contributed by atoms with Gasteiger partial charge in [0.05, 0.1) is 0 Å². The fourth-order valence-electron chi connectivity index (χ4n) is 3.87. The van der Waals surface area contributed by atoms with E-state index in [1.807, 2.05) is 17.5 Å². The van der Waals surface area contributed by atoms with Crippen LogP contribution in [0.2, 0.25) is 0 Å². The Morgan fingerprint density at radius 2 is 2.23 bits per heavy atom. The first kappa shape index (κ1) is 21.2. The Kier molecular flexibility index (Phi) is 8.41. The molecular weight excluding hydrogens is 344 g/mol. The molecule has 2 rings (SSSR count). The molecule has 0 radical (unpaired) electrons. The number of hydrazine groups is 1. The summed E-state index contributed by atoms with van der Waals surface area (Å²) in [5.41, 5.74) is 8.51. The van der Waals surface area contributed by atoms with Gasteiger partial charge in [0.1, 0.15) is 0 Å². The summed E-state index contributed by atoms with van der Waals surface area (Å²) in [7, 11) is 0. The molecule has 0 amide bonds. The number of aliphatic hydroxyl groups excluding tert-OH is 1. The topological polar surface area (TPSA) is 78.8 Å². The van der Waals surface area contributed by atoms with E-state index < -0.39 is 0 Å². The van der Waals surface area contributed by atoms with Crippen LogP contribution in [0.5, 0.6) is 0 Å². The SMILES string of the molecule is CCCN(N)/C=C(\N)CN1CCC(c2cc(CC)sc2CCO)CC1C. The maximum atomic E-state index is 9.39. The first-order chi connectivity index (χ1) is 12.5. The smallest absolute Gasteiger partial charge is 0.0479 e. The van der Waals surface area contributed by atoms with Crippen molar-refractivity contribution in [3.8, 4) is 0 Å². The summed E-state index contributed by atoms with van der Waals surface area (Å²) in [4.78, 5) is 5.28. The van der Waals surface area contributed by atoms with Crippen LogP contribution in [-0.4, -0.2) is 47.3 Å². The fraction of sp³-hybridized carbons (Fsp3) is 0.700. The Balaban J connectivity index is 1.99. The number of likely N-dealkylation sites (tertiary alicyclic amines) is 1. The van der Waals surface area contributed by atoms with Crippen molar-refractivity contribution in [2.45, 2.75) is 64.8 Å². The van der Waals surface area contributed by atoms with Crippen LogP contribution in [0.4, 0.5) is 0 Å². The van der Waals surface area contributed by atoms with Crippen molar-refractivity contribution < 1.29 is 5.11 Å². The van der Waals surface area contributed by atoms with Crippen LogP contribution in [0.1, 0.15) is 61.3 Å². The van der Waals surface area contributed by atoms with Crippen molar-refractivity contribution in [3.05, 3.63) is 33.3 Å². The molecule has 0 saturated carbocycles. The van der Waals surface area contributed by atoms with Crippen LogP contribution in [0.15, 0.2) is 18.0 Å². The van der Waals surface area contributed by atoms with Gasteiger partial charge in [-0.05, 0) is 56.7 Å². The highest BCUT2D eigenvalue weighted by Crippen LogP contribution is 2.37. The fourth-order valence-corrected chi connectivity index (χ4v) is 5.05. The monoisotopic (exact) mass is 380 g/mol. The van der Waals surface area contributed by atoms with Gasteiger partial charge >= 0.3 is 0 Å². The predicted molar refractivity (Wildman–Crippen MR) is 111 cm³/mol. The number of hydrogen-bond donors (Lipinski definition) is 3. The number of thiophene rings is 1. The molecule has 26 heavy (non-hydrogen) atoms. The van der Waals surface area contributed by atoms with Gasteiger partial charge in [-0.1, -0.05) is 13.8 Å². The Hall–Kier alpha value is -1.08. The van der Waals surface area contributed by atoms with Gasteiger partial charge in [0, 0.05) is 53.8 Å². The molecule has 1 fully saturated rings. The van der Waals surface area contributed by atoms with Crippen molar-refractivity contribution in [3.63, 3.8) is 0 Å². The Morgan fingerprint density at radius 1 is 1.46 bits per heavy atom. The molecule has 0 bridgehead atoms. The highest BCUT2D eigenvalue weighted by Gasteiger charge is 2.28. The third-order valence-electron chi connectivity index (χ3n) is 5.23. The minimum atomic E-state index is 0.236. The van der Waals surface area contributed by atoms with Crippen molar-refractivity contribution in [2.24, 2.45) is 11.6 Å². The second-order valence-corrected chi connectivity index (χ2v) is 8.62. The van der Waals surface area contributed by atoms with Crippen LogP contribution in [-0.2, 0) is 12.8 Å². The summed E-state index contributed by atoms with van der Waals surface area (Å²) in [6.07, 6.45) is 7.04. The molecular formula is C20H36N4OS. The second kappa shape index (κ2) is 10.3. The van der Waals surface area contributed by atoms with Crippen LogP contribution >= 0.6 is 11.3 Å². The lowest BCUT2D eigenvalue weighted by Crippen LogP contribution is -2.42. The third-order valence-corrected chi connectivity index (χ3v) is 6.59. The van der Waals surface area contributed by atoms with Crippen molar-refractivity contribution >= 4 is 11.3 Å². The lowest BCUT2D eigenvalue weighted by Gasteiger charge is -2.38. The second-order valence-electron chi connectivity index (χ2n) is 7.40. The van der Waals surface area contributed by atoms with E-state index in [0.29, 0.717) is 12.0 Å². The average molecular weight is 381 g/mol. The zero-order chi connectivity index (χ0) is 19.1. The van der Waals surface area contributed by atoms with Gasteiger partial charge in [-0.25, -0.2) is 5.84 Å². The molecule has 1 aromatic rings. The van der Waals surface area contributed by atoms with E-state index in [1.165, 1.54) is 15.3 Å². The molecule has 6 heteroatoms. The van der Waals surface area contributed by atoms with Gasteiger partial charge in [0.2, 0.25) is 0 Å². The highest BCUT2D eigenvalue weighted by molar-refractivity contribution is 7.12. The van der Waals surface area contributed by atoms with Crippen LogP contribution in [0.3, 0.4) is 0 Å². The Bertz CT molecular complexity index is 586. The summed E-state index contributed by atoms with van der Waals surface area (Å²) in [6, 6.07) is 2.87. The number of piperidine rings is 1. The standard InChI is InChI=1S/C20H36N4OS/c1-4-8-24(22)14-17(21)13-23-9-6-16(11-15(23)3)19-12-18(5-2)26-20(19)7-10-25/h12,14-16,25H,4-11,13,21-22H2,1-3H3/b17-14-. The van der Waals surface area contributed by atoms with E-state index >= 15 is 0 Å². The number of nitrogens with zero attached hydrogens (tertiary/aromatic N) is 2. The highest BCUT2D eigenvalue weighted by atomic mass is 32.1. The zero-order valence-electron chi connectivity index (χ0n) is 16.6. The quantitative estimate of drug-likeness (QED) is 0.453. The number of hydrogen-bond acceptors (Lipinski definition) is 6. The molecule has 0 aliphatic carbocycles. The molecule has 2 unspecified atom stereocenters. The number of aryl methyl sites for hydroxylation is 1. The van der Waals surface area contributed by atoms with Gasteiger partial charge < -0.3 is 15.8 Å². The average Bonchev–Trinajstić information content (AvgIpc) is 3.00. The van der Waals surface area contributed by atoms with E-state index in [0.717, 1.165) is 57.4 Å². The first-order valence-corrected chi connectivity index (χ1v) is 10.7. The Morgan fingerprint density at radius 3 is 2.85 bits per heavy atom. The molecule has 148 valence electrons. The maximum absolute atomic E-state index is 9.39. The van der Waals surface area contributed by atoms with Crippen LogP contribution in [0, 0.1) is 0 Å². The molecule has 1 aromatic heterocycles. The van der Waals surface area contributed by atoms with Crippen molar-refractivity contribution in [1.29, 1.82) is 0 Å². The van der Waals surface area contributed by atoms with Crippen LogP contribution in [0.25, 0.3) is 0 Å². The molecule has 1 saturated heterocycles. The number of aliphatic hydroxyl groups is 1. The number of rotatable bonds is 9. The molecule has 2 atom stereocenters. The summed E-state index contributed by atoms with van der Waals surface area (Å²) in [5, 5.41) is 11.1. The molecule has 0 spiro atoms. The first-order valence-electron chi connectivity index (χ1n) is 9.92.